The van der Waals surface area contributed by atoms with E-state index in [0.717, 1.165) is 85.4 Å². The summed E-state index contributed by atoms with van der Waals surface area (Å²) in [6.07, 6.45) is 1.63. The van der Waals surface area contributed by atoms with Crippen LogP contribution in [-0.2, 0) is 0 Å². The molecule has 0 unspecified atom stereocenters. The van der Waals surface area contributed by atoms with E-state index in [2.05, 4.69) is 49.0 Å². The van der Waals surface area contributed by atoms with Gasteiger partial charge in [-0.05, 0) is 26.6 Å². The number of likely N-dealkylation sites (N-methyl/N-ethyl adjacent to an activating group) is 2. The predicted octanol–water partition coefficient (Wildman–Crippen LogP) is 0.729. The Kier molecular flexibility index (Phi) is 6.29. The first-order valence-corrected chi connectivity index (χ1v) is 11.2. The van der Waals surface area contributed by atoms with Crippen molar-refractivity contribution in [3.8, 4) is 0 Å². The average Bonchev–Trinajstić information content (AvgIpc) is 3.07. The SMILES string of the molecule is Cc1c(C(=O)NCCN2CCN(C)CC2)sc2ncnc(N3CCN(C)CC3)c12. The van der Waals surface area contributed by atoms with Crippen molar-refractivity contribution in [3.63, 3.8) is 0 Å². The largest absolute Gasteiger partial charge is 0.353 e. The number of aromatic nitrogens is 2. The highest BCUT2D eigenvalue weighted by molar-refractivity contribution is 7.20. The maximum atomic E-state index is 12.9. The topological polar surface area (TPSA) is 67.8 Å². The van der Waals surface area contributed by atoms with Gasteiger partial charge < -0.3 is 20.0 Å². The number of nitrogens with zero attached hydrogens (tertiary/aromatic N) is 6. The second-order valence-electron chi connectivity index (χ2n) is 8.12. The first kappa shape index (κ1) is 20.5. The first-order valence-electron chi connectivity index (χ1n) is 10.4. The van der Waals surface area contributed by atoms with Crippen molar-refractivity contribution in [2.24, 2.45) is 0 Å². The van der Waals surface area contributed by atoms with Crippen molar-refractivity contribution >= 4 is 33.3 Å². The number of aryl methyl sites for hydroxylation is 1. The molecular weight excluding hydrogens is 386 g/mol. The number of amides is 1. The van der Waals surface area contributed by atoms with Crippen LogP contribution in [0.25, 0.3) is 10.2 Å². The van der Waals surface area contributed by atoms with E-state index in [9.17, 15) is 4.79 Å². The Hall–Kier alpha value is -1.81. The Balaban J connectivity index is 1.44. The fourth-order valence-corrected chi connectivity index (χ4v) is 5.07. The van der Waals surface area contributed by atoms with Crippen LogP contribution < -0.4 is 10.2 Å². The third kappa shape index (κ3) is 4.53. The molecule has 9 heteroatoms. The molecule has 2 fully saturated rings. The molecule has 0 aliphatic carbocycles. The molecule has 4 rings (SSSR count). The van der Waals surface area contributed by atoms with Crippen LogP contribution in [0.15, 0.2) is 6.33 Å². The molecule has 8 nitrogen and oxygen atoms in total. The summed E-state index contributed by atoms with van der Waals surface area (Å²) in [5, 5.41) is 4.15. The van der Waals surface area contributed by atoms with Crippen molar-refractivity contribution in [1.29, 1.82) is 0 Å². The molecule has 0 saturated carbocycles. The number of carbonyl (C=O) groups excluding carboxylic acids is 1. The summed E-state index contributed by atoms with van der Waals surface area (Å²) in [6.45, 7) is 11.9. The van der Waals surface area contributed by atoms with Crippen molar-refractivity contribution in [2.45, 2.75) is 6.92 Å². The molecular formula is C20H31N7OS. The van der Waals surface area contributed by atoms with Gasteiger partial charge >= 0.3 is 0 Å². The van der Waals surface area contributed by atoms with Crippen molar-refractivity contribution in [3.05, 3.63) is 16.8 Å². The molecule has 158 valence electrons. The molecule has 2 aromatic heterocycles. The third-order valence-corrected chi connectivity index (χ3v) is 7.22. The van der Waals surface area contributed by atoms with Gasteiger partial charge in [-0.3, -0.25) is 9.69 Å². The van der Waals surface area contributed by atoms with Crippen LogP contribution in [0.3, 0.4) is 0 Å². The minimum atomic E-state index is 0.00366. The smallest absolute Gasteiger partial charge is 0.261 e. The van der Waals surface area contributed by atoms with Crippen LogP contribution >= 0.6 is 11.3 Å². The lowest BCUT2D eigenvalue weighted by Crippen LogP contribution is -2.46. The number of fused-ring (bicyclic) bond motifs is 1. The lowest BCUT2D eigenvalue weighted by molar-refractivity contribution is 0.0944. The zero-order valence-electron chi connectivity index (χ0n) is 17.6. The molecule has 4 heterocycles. The summed E-state index contributed by atoms with van der Waals surface area (Å²) in [4.78, 5) is 33.0. The van der Waals surface area contributed by atoms with E-state index >= 15 is 0 Å². The third-order valence-electron chi connectivity index (χ3n) is 6.03. The Labute approximate surface area is 176 Å². The van der Waals surface area contributed by atoms with E-state index in [-0.39, 0.29) is 5.91 Å². The van der Waals surface area contributed by atoms with Gasteiger partial charge in [-0.25, -0.2) is 9.97 Å². The molecule has 0 radical (unpaired) electrons. The van der Waals surface area contributed by atoms with Gasteiger partial charge in [0.1, 0.15) is 17.0 Å². The van der Waals surface area contributed by atoms with E-state index < -0.39 is 0 Å². The molecule has 0 aromatic carbocycles. The van der Waals surface area contributed by atoms with Crippen LogP contribution in [0.5, 0.6) is 0 Å². The molecule has 2 aliphatic rings. The first-order chi connectivity index (χ1) is 14.0. The number of hydrogen-bond donors (Lipinski definition) is 1. The van der Waals surface area contributed by atoms with Gasteiger partial charge in [0.15, 0.2) is 0 Å². The number of carbonyl (C=O) groups is 1. The summed E-state index contributed by atoms with van der Waals surface area (Å²) >= 11 is 1.48. The number of hydrogen-bond acceptors (Lipinski definition) is 8. The van der Waals surface area contributed by atoms with E-state index in [4.69, 9.17) is 0 Å². The van der Waals surface area contributed by atoms with E-state index in [1.165, 1.54) is 11.3 Å². The number of rotatable bonds is 5. The van der Waals surface area contributed by atoms with E-state index in [1.54, 1.807) is 6.33 Å². The van der Waals surface area contributed by atoms with E-state index in [0.29, 0.717) is 6.54 Å². The van der Waals surface area contributed by atoms with Crippen LogP contribution in [0.4, 0.5) is 5.82 Å². The van der Waals surface area contributed by atoms with Crippen molar-refractivity contribution < 1.29 is 4.79 Å². The molecule has 0 spiro atoms. The maximum Gasteiger partial charge on any atom is 0.261 e. The standard InChI is InChI=1S/C20H31N7OS/c1-15-16-18(27-12-8-25(3)9-13-27)22-14-23-20(16)29-17(15)19(28)21-4-5-26-10-6-24(2)7-11-26/h14H,4-13H2,1-3H3,(H,21,28). The Morgan fingerprint density at radius 3 is 2.38 bits per heavy atom. The molecule has 29 heavy (non-hydrogen) atoms. The zero-order valence-corrected chi connectivity index (χ0v) is 18.5. The summed E-state index contributed by atoms with van der Waals surface area (Å²) in [5.41, 5.74) is 0.997. The second-order valence-corrected chi connectivity index (χ2v) is 9.12. The second kappa shape index (κ2) is 8.91. The lowest BCUT2D eigenvalue weighted by atomic mass is 10.1. The quantitative estimate of drug-likeness (QED) is 0.769. The summed E-state index contributed by atoms with van der Waals surface area (Å²) < 4.78 is 0. The van der Waals surface area contributed by atoms with Crippen molar-refractivity contribution in [2.75, 3.05) is 84.4 Å². The molecule has 1 amide bonds. The minimum Gasteiger partial charge on any atom is -0.353 e. The van der Waals surface area contributed by atoms with Crippen LogP contribution in [0.2, 0.25) is 0 Å². The Morgan fingerprint density at radius 2 is 1.69 bits per heavy atom. The van der Waals surface area contributed by atoms with Crippen LogP contribution in [0.1, 0.15) is 15.2 Å². The fourth-order valence-electron chi connectivity index (χ4n) is 4.01. The molecule has 0 bridgehead atoms. The molecule has 1 N–H and O–H groups in total. The van der Waals surface area contributed by atoms with Gasteiger partial charge in [0.05, 0.1) is 10.3 Å². The van der Waals surface area contributed by atoms with Crippen LogP contribution in [-0.4, -0.2) is 110 Å². The maximum absolute atomic E-state index is 12.9. The van der Waals surface area contributed by atoms with Crippen molar-refractivity contribution in [1.82, 2.24) is 30.0 Å². The number of piperazine rings is 2. The molecule has 2 aliphatic heterocycles. The number of thiophene rings is 1. The predicted molar refractivity (Wildman–Crippen MR) is 118 cm³/mol. The summed E-state index contributed by atoms with van der Waals surface area (Å²) in [6, 6.07) is 0. The number of anilines is 1. The molecule has 2 saturated heterocycles. The Bertz CT molecular complexity index is 854. The van der Waals surface area contributed by atoms with Gasteiger partial charge in [-0.15, -0.1) is 11.3 Å². The zero-order chi connectivity index (χ0) is 20.4. The minimum absolute atomic E-state index is 0.00366. The van der Waals surface area contributed by atoms with Gasteiger partial charge in [-0.2, -0.15) is 0 Å². The molecule has 2 aromatic rings. The number of nitrogens with one attached hydrogen (secondary N) is 1. The highest BCUT2D eigenvalue weighted by Gasteiger charge is 2.23. The molecule has 0 atom stereocenters. The lowest BCUT2D eigenvalue weighted by Gasteiger charge is -2.33. The monoisotopic (exact) mass is 417 g/mol. The summed E-state index contributed by atoms with van der Waals surface area (Å²) in [7, 11) is 4.30. The van der Waals surface area contributed by atoms with Gasteiger partial charge in [0.2, 0.25) is 0 Å². The highest BCUT2D eigenvalue weighted by atomic mass is 32.1. The highest BCUT2D eigenvalue weighted by Crippen LogP contribution is 2.35. The van der Waals surface area contributed by atoms with Crippen LogP contribution in [0, 0.1) is 6.92 Å². The van der Waals surface area contributed by atoms with Gasteiger partial charge in [-0.1, -0.05) is 0 Å². The van der Waals surface area contributed by atoms with Gasteiger partial charge in [0, 0.05) is 65.4 Å². The van der Waals surface area contributed by atoms with Gasteiger partial charge in [0.25, 0.3) is 5.91 Å². The summed E-state index contributed by atoms with van der Waals surface area (Å²) in [5.74, 6) is 0.970. The normalized spacial score (nSPS) is 19.8. The van der Waals surface area contributed by atoms with E-state index in [1.807, 2.05) is 6.92 Å². The Morgan fingerprint density at radius 1 is 1.03 bits per heavy atom. The fraction of sp³-hybridized carbons (Fsp3) is 0.650. The average molecular weight is 418 g/mol.